The van der Waals surface area contributed by atoms with Crippen LogP contribution >= 0.6 is 0 Å². The van der Waals surface area contributed by atoms with Crippen molar-refractivity contribution in [1.29, 1.82) is 0 Å². The van der Waals surface area contributed by atoms with Crippen LogP contribution in [0.2, 0.25) is 0 Å². The molecule has 162 valence electrons. The third-order valence-corrected chi connectivity index (χ3v) is 5.13. The number of benzene rings is 2. The summed E-state index contributed by atoms with van der Waals surface area (Å²) in [4.78, 5) is 26.8. The summed E-state index contributed by atoms with van der Waals surface area (Å²) in [5.74, 6) is 1.15. The Balaban J connectivity index is 1.44. The minimum Gasteiger partial charge on any atom is -0.497 e. The highest BCUT2D eigenvalue weighted by atomic mass is 16.5. The minimum atomic E-state index is -0.160. The molecule has 1 fully saturated rings. The van der Waals surface area contributed by atoms with E-state index in [1.165, 1.54) is 0 Å². The fourth-order valence-electron chi connectivity index (χ4n) is 3.33. The molecule has 7 nitrogen and oxygen atoms in total. The number of nitrogens with one attached hydrogen (secondary N) is 1. The number of hydrazone groups is 1. The smallest absolute Gasteiger partial charge is 0.253 e. The van der Waals surface area contributed by atoms with Crippen LogP contribution in [0.15, 0.2) is 66.3 Å². The van der Waals surface area contributed by atoms with E-state index in [0.717, 1.165) is 11.3 Å². The van der Waals surface area contributed by atoms with Gasteiger partial charge < -0.3 is 14.4 Å². The van der Waals surface area contributed by atoms with Crippen molar-refractivity contribution in [1.82, 2.24) is 10.3 Å². The van der Waals surface area contributed by atoms with E-state index in [9.17, 15) is 9.59 Å². The van der Waals surface area contributed by atoms with E-state index in [1.54, 1.807) is 48.6 Å². The number of carbonyl (C=O) groups excluding carboxylic acids is 2. The summed E-state index contributed by atoms with van der Waals surface area (Å²) < 4.78 is 10.6. The van der Waals surface area contributed by atoms with Gasteiger partial charge in [-0.2, -0.15) is 5.10 Å². The largest absolute Gasteiger partial charge is 0.497 e. The molecular weight excluding hydrogens is 394 g/mol. The lowest BCUT2D eigenvalue weighted by atomic mass is 9.95. The lowest BCUT2D eigenvalue weighted by molar-refractivity contribution is -0.126. The summed E-state index contributed by atoms with van der Waals surface area (Å²) in [6.07, 6.45) is 4.50. The molecule has 2 aromatic carbocycles. The van der Waals surface area contributed by atoms with Crippen LogP contribution in [0.25, 0.3) is 0 Å². The Morgan fingerprint density at radius 3 is 2.35 bits per heavy atom. The van der Waals surface area contributed by atoms with E-state index in [1.807, 2.05) is 24.3 Å². The maximum Gasteiger partial charge on any atom is 0.253 e. The van der Waals surface area contributed by atoms with Crippen molar-refractivity contribution in [3.8, 4) is 11.5 Å². The monoisotopic (exact) mass is 421 g/mol. The highest BCUT2D eigenvalue weighted by Gasteiger charge is 2.27. The molecule has 1 aliphatic heterocycles. The molecule has 2 aromatic rings. The molecule has 0 unspecified atom stereocenters. The Labute approximate surface area is 182 Å². The first-order valence-electron chi connectivity index (χ1n) is 10.2. The van der Waals surface area contributed by atoms with Crippen LogP contribution in [0.5, 0.6) is 11.5 Å². The summed E-state index contributed by atoms with van der Waals surface area (Å²) in [6.45, 7) is 5.14. The third-order valence-electron chi connectivity index (χ3n) is 5.13. The fourth-order valence-corrected chi connectivity index (χ4v) is 3.33. The van der Waals surface area contributed by atoms with E-state index in [2.05, 4.69) is 17.1 Å². The van der Waals surface area contributed by atoms with Crippen LogP contribution in [0.4, 0.5) is 0 Å². The van der Waals surface area contributed by atoms with Gasteiger partial charge in [0, 0.05) is 24.6 Å². The Morgan fingerprint density at radius 2 is 1.74 bits per heavy atom. The Morgan fingerprint density at radius 1 is 1.10 bits per heavy atom. The Bertz CT molecular complexity index is 915. The summed E-state index contributed by atoms with van der Waals surface area (Å²) in [5.41, 5.74) is 4.08. The quantitative estimate of drug-likeness (QED) is 0.403. The predicted octanol–water partition coefficient (Wildman–Crippen LogP) is 3.26. The molecule has 0 radical (unpaired) electrons. The van der Waals surface area contributed by atoms with Crippen LogP contribution in [0, 0.1) is 5.92 Å². The van der Waals surface area contributed by atoms with Crippen molar-refractivity contribution in [2.24, 2.45) is 11.0 Å². The summed E-state index contributed by atoms with van der Waals surface area (Å²) in [5, 5.41) is 4.05. The van der Waals surface area contributed by atoms with Crippen LogP contribution < -0.4 is 14.9 Å². The van der Waals surface area contributed by atoms with Crippen LogP contribution in [-0.2, 0) is 4.79 Å². The first kappa shape index (κ1) is 22.1. The highest BCUT2D eigenvalue weighted by molar-refractivity contribution is 5.94. The molecule has 1 saturated heterocycles. The molecule has 3 rings (SSSR count). The topological polar surface area (TPSA) is 80.2 Å². The second-order valence-corrected chi connectivity index (χ2v) is 7.20. The first-order chi connectivity index (χ1) is 15.1. The zero-order valence-corrected chi connectivity index (χ0v) is 17.6. The Hall–Kier alpha value is -3.61. The number of piperidine rings is 1. The van der Waals surface area contributed by atoms with Crippen molar-refractivity contribution in [2.45, 2.75) is 12.8 Å². The van der Waals surface area contributed by atoms with Gasteiger partial charge >= 0.3 is 0 Å². The van der Waals surface area contributed by atoms with Crippen LogP contribution in [0.1, 0.15) is 28.8 Å². The van der Waals surface area contributed by atoms with Crippen molar-refractivity contribution in [3.63, 3.8) is 0 Å². The average molecular weight is 421 g/mol. The molecule has 1 aliphatic rings. The van der Waals surface area contributed by atoms with E-state index in [4.69, 9.17) is 9.47 Å². The summed E-state index contributed by atoms with van der Waals surface area (Å²) in [7, 11) is 1.59. The molecule has 1 N–H and O–H groups in total. The van der Waals surface area contributed by atoms with E-state index in [0.29, 0.717) is 43.9 Å². The Kier molecular flexibility index (Phi) is 7.81. The van der Waals surface area contributed by atoms with Crippen molar-refractivity contribution in [2.75, 3.05) is 26.8 Å². The summed E-state index contributed by atoms with van der Waals surface area (Å²) >= 11 is 0. The molecule has 0 saturated carbocycles. The van der Waals surface area contributed by atoms with E-state index < -0.39 is 0 Å². The van der Waals surface area contributed by atoms with Gasteiger partial charge in [-0.3, -0.25) is 9.59 Å². The minimum absolute atomic E-state index is 0.0277. The van der Waals surface area contributed by atoms with Gasteiger partial charge in [-0.05, 0) is 66.9 Å². The maximum atomic E-state index is 12.6. The number of carbonyl (C=O) groups is 2. The number of hydrogen-bond donors (Lipinski definition) is 1. The molecular formula is C24H27N3O4. The number of rotatable bonds is 8. The van der Waals surface area contributed by atoms with Gasteiger partial charge in [0.1, 0.15) is 18.1 Å². The van der Waals surface area contributed by atoms with E-state index in [-0.39, 0.29) is 17.7 Å². The van der Waals surface area contributed by atoms with Crippen molar-refractivity contribution < 1.29 is 19.1 Å². The molecule has 31 heavy (non-hydrogen) atoms. The van der Waals surface area contributed by atoms with Gasteiger partial charge in [0.15, 0.2) is 0 Å². The highest BCUT2D eigenvalue weighted by Crippen LogP contribution is 2.20. The SMILES string of the molecule is C=CCOc1ccc(/C=N\NC(=O)C2CCN(C(=O)c3ccc(OC)cc3)CC2)cc1. The number of amides is 2. The van der Waals surface area contributed by atoms with Crippen LogP contribution in [0.3, 0.4) is 0 Å². The molecule has 1 heterocycles. The maximum absolute atomic E-state index is 12.6. The van der Waals surface area contributed by atoms with Gasteiger partial charge in [0.2, 0.25) is 5.91 Å². The number of nitrogens with zero attached hydrogens (tertiary/aromatic N) is 2. The number of ether oxygens (including phenoxy) is 2. The van der Waals surface area contributed by atoms with Gasteiger partial charge in [0.05, 0.1) is 13.3 Å². The molecule has 0 atom stereocenters. The molecule has 0 aliphatic carbocycles. The lowest BCUT2D eigenvalue weighted by Crippen LogP contribution is -2.42. The summed E-state index contributed by atoms with van der Waals surface area (Å²) in [6, 6.07) is 14.4. The van der Waals surface area contributed by atoms with Gasteiger partial charge in [-0.15, -0.1) is 0 Å². The molecule has 7 heteroatoms. The molecule has 0 aromatic heterocycles. The number of hydrogen-bond acceptors (Lipinski definition) is 5. The first-order valence-corrected chi connectivity index (χ1v) is 10.2. The zero-order valence-electron chi connectivity index (χ0n) is 17.6. The van der Waals surface area contributed by atoms with Crippen molar-refractivity contribution >= 4 is 18.0 Å². The lowest BCUT2D eigenvalue weighted by Gasteiger charge is -2.31. The molecule has 2 amide bonds. The third kappa shape index (κ3) is 6.18. The van der Waals surface area contributed by atoms with Gasteiger partial charge in [-0.1, -0.05) is 12.7 Å². The van der Waals surface area contributed by atoms with Crippen LogP contribution in [-0.4, -0.2) is 49.7 Å². The van der Waals surface area contributed by atoms with E-state index >= 15 is 0 Å². The second-order valence-electron chi connectivity index (χ2n) is 7.20. The van der Waals surface area contributed by atoms with Crippen molar-refractivity contribution in [3.05, 3.63) is 72.3 Å². The van der Waals surface area contributed by atoms with Gasteiger partial charge in [0.25, 0.3) is 5.91 Å². The molecule has 0 spiro atoms. The zero-order chi connectivity index (χ0) is 22.1. The molecule has 0 bridgehead atoms. The number of methoxy groups -OCH3 is 1. The van der Waals surface area contributed by atoms with Gasteiger partial charge in [-0.25, -0.2) is 5.43 Å². The standard InChI is InChI=1S/C24H27N3O4/c1-3-16-31-22-8-4-18(5-9-22)17-25-26-23(28)19-12-14-27(15-13-19)24(29)20-6-10-21(30-2)11-7-20/h3-11,17,19H,1,12-16H2,2H3,(H,26,28)/b25-17-. The number of likely N-dealkylation sites (tertiary alicyclic amines) is 1. The average Bonchev–Trinajstić information content (AvgIpc) is 2.83. The fraction of sp³-hybridized carbons (Fsp3) is 0.292. The predicted molar refractivity (Wildman–Crippen MR) is 119 cm³/mol. The normalized spacial score (nSPS) is 14.3. The second kappa shape index (κ2) is 11.0.